The van der Waals surface area contributed by atoms with Gasteiger partial charge in [0.15, 0.2) is 0 Å². The fraction of sp³-hybridized carbons (Fsp3) is 0.556. The molecule has 1 aromatic heterocycles. The highest BCUT2D eigenvalue weighted by atomic mass is 16.3. The van der Waals surface area contributed by atoms with Crippen molar-refractivity contribution in [1.82, 2.24) is 10.6 Å². The zero-order chi connectivity index (χ0) is 8.39. The van der Waals surface area contributed by atoms with E-state index < -0.39 is 0 Å². The van der Waals surface area contributed by atoms with Gasteiger partial charge in [-0.05, 0) is 13.1 Å². The number of furan rings is 1. The van der Waals surface area contributed by atoms with E-state index in [-0.39, 0.29) is 0 Å². The van der Waals surface area contributed by atoms with Crippen LogP contribution < -0.4 is 10.6 Å². The number of nitrogens with one attached hydrogen (secondary N) is 2. The molecule has 0 bridgehead atoms. The van der Waals surface area contributed by atoms with Crippen molar-refractivity contribution in [3.63, 3.8) is 0 Å². The standard InChI is InChI=1S/C9H14N2O/c1-10-6-8-4-7-5-11-3-2-9(7)12-8/h4,10-11H,2-3,5-6H2,1H3. The van der Waals surface area contributed by atoms with Crippen LogP contribution in [0.5, 0.6) is 0 Å². The van der Waals surface area contributed by atoms with Gasteiger partial charge >= 0.3 is 0 Å². The van der Waals surface area contributed by atoms with Crippen LogP contribution in [0.25, 0.3) is 0 Å². The summed E-state index contributed by atoms with van der Waals surface area (Å²) in [6, 6.07) is 2.14. The first-order chi connectivity index (χ1) is 5.90. The maximum Gasteiger partial charge on any atom is 0.118 e. The van der Waals surface area contributed by atoms with E-state index in [4.69, 9.17) is 4.42 Å². The van der Waals surface area contributed by atoms with E-state index in [0.717, 1.165) is 31.8 Å². The lowest BCUT2D eigenvalue weighted by molar-refractivity contribution is 0.435. The predicted octanol–water partition coefficient (Wildman–Crippen LogP) is 0.645. The van der Waals surface area contributed by atoms with Crippen molar-refractivity contribution in [3.8, 4) is 0 Å². The first kappa shape index (κ1) is 7.83. The van der Waals surface area contributed by atoms with Gasteiger partial charge < -0.3 is 15.1 Å². The summed E-state index contributed by atoms with van der Waals surface area (Å²) < 4.78 is 5.64. The summed E-state index contributed by atoms with van der Waals surface area (Å²) in [4.78, 5) is 0. The SMILES string of the molecule is CNCc1cc2c(o1)CCNC2. The van der Waals surface area contributed by atoms with Gasteiger partial charge in [0.2, 0.25) is 0 Å². The number of hydrogen-bond donors (Lipinski definition) is 2. The van der Waals surface area contributed by atoms with Crippen molar-refractivity contribution in [1.29, 1.82) is 0 Å². The van der Waals surface area contributed by atoms with E-state index >= 15 is 0 Å². The molecule has 1 aliphatic heterocycles. The lowest BCUT2D eigenvalue weighted by atomic mass is 10.1. The molecule has 66 valence electrons. The molecule has 3 heteroatoms. The molecule has 0 saturated heterocycles. The zero-order valence-corrected chi connectivity index (χ0v) is 7.31. The van der Waals surface area contributed by atoms with Gasteiger partial charge in [-0.25, -0.2) is 0 Å². The molecule has 1 aliphatic rings. The van der Waals surface area contributed by atoms with Crippen molar-refractivity contribution in [2.24, 2.45) is 0 Å². The van der Waals surface area contributed by atoms with Gasteiger partial charge in [-0.2, -0.15) is 0 Å². The zero-order valence-electron chi connectivity index (χ0n) is 7.31. The van der Waals surface area contributed by atoms with Crippen molar-refractivity contribution < 1.29 is 4.42 Å². The van der Waals surface area contributed by atoms with E-state index in [9.17, 15) is 0 Å². The molecule has 0 unspecified atom stereocenters. The molecule has 2 rings (SSSR count). The maximum absolute atomic E-state index is 5.64. The second-order valence-electron chi connectivity index (χ2n) is 3.12. The summed E-state index contributed by atoms with van der Waals surface area (Å²) >= 11 is 0. The Morgan fingerprint density at radius 3 is 3.33 bits per heavy atom. The molecular formula is C9H14N2O. The van der Waals surface area contributed by atoms with Crippen molar-refractivity contribution in [2.75, 3.05) is 13.6 Å². The first-order valence-electron chi connectivity index (χ1n) is 4.36. The highest BCUT2D eigenvalue weighted by Crippen LogP contribution is 2.18. The Hall–Kier alpha value is -0.800. The summed E-state index contributed by atoms with van der Waals surface area (Å²) in [5.41, 5.74) is 1.33. The van der Waals surface area contributed by atoms with E-state index in [2.05, 4.69) is 16.7 Å². The molecule has 2 heterocycles. The van der Waals surface area contributed by atoms with Crippen LogP contribution in [0, 0.1) is 0 Å². The number of rotatable bonds is 2. The van der Waals surface area contributed by atoms with E-state index in [1.54, 1.807) is 0 Å². The summed E-state index contributed by atoms with van der Waals surface area (Å²) in [6.45, 7) is 2.83. The van der Waals surface area contributed by atoms with Crippen LogP contribution in [0.15, 0.2) is 10.5 Å². The Kier molecular flexibility index (Phi) is 2.15. The van der Waals surface area contributed by atoms with Crippen LogP contribution in [0.4, 0.5) is 0 Å². The minimum Gasteiger partial charge on any atom is -0.464 e. The second kappa shape index (κ2) is 3.29. The molecule has 1 aromatic rings. The summed E-state index contributed by atoms with van der Waals surface area (Å²) in [5, 5.41) is 6.39. The third kappa shape index (κ3) is 1.38. The lowest BCUT2D eigenvalue weighted by Gasteiger charge is -2.09. The normalized spacial score (nSPS) is 16.1. The van der Waals surface area contributed by atoms with Crippen molar-refractivity contribution in [2.45, 2.75) is 19.5 Å². The molecule has 0 saturated carbocycles. The molecule has 12 heavy (non-hydrogen) atoms. The molecule has 3 nitrogen and oxygen atoms in total. The third-order valence-electron chi connectivity index (χ3n) is 2.14. The van der Waals surface area contributed by atoms with Crippen LogP contribution in [-0.4, -0.2) is 13.6 Å². The molecule has 0 aromatic carbocycles. The highest BCUT2D eigenvalue weighted by Gasteiger charge is 2.13. The quantitative estimate of drug-likeness (QED) is 0.677. The largest absolute Gasteiger partial charge is 0.464 e. The summed E-state index contributed by atoms with van der Waals surface area (Å²) in [7, 11) is 1.93. The van der Waals surface area contributed by atoms with Crippen LogP contribution in [0.1, 0.15) is 17.1 Å². The maximum atomic E-state index is 5.64. The highest BCUT2D eigenvalue weighted by molar-refractivity contribution is 5.23. The minimum atomic E-state index is 0.826. The van der Waals surface area contributed by atoms with Gasteiger partial charge in [-0.15, -0.1) is 0 Å². The average molecular weight is 166 g/mol. The minimum absolute atomic E-state index is 0.826. The fourth-order valence-corrected chi connectivity index (χ4v) is 1.58. The molecule has 0 amide bonds. The molecule has 0 atom stereocenters. The van der Waals surface area contributed by atoms with Gasteiger partial charge in [0.05, 0.1) is 6.54 Å². The Balaban J connectivity index is 2.20. The topological polar surface area (TPSA) is 37.2 Å². The Morgan fingerprint density at radius 2 is 2.58 bits per heavy atom. The number of hydrogen-bond acceptors (Lipinski definition) is 3. The first-order valence-corrected chi connectivity index (χ1v) is 4.36. The second-order valence-corrected chi connectivity index (χ2v) is 3.12. The Labute approximate surface area is 72.1 Å². The van der Waals surface area contributed by atoms with E-state index in [1.165, 1.54) is 11.3 Å². The smallest absolute Gasteiger partial charge is 0.118 e. The van der Waals surface area contributed by atoms with Gasteiger partial charge in [0.1, 0.15) is 11.5 Å². The molecule has 0 aliphatic carbocycles. The van der Waals surface area contributed by atoms with Gasteiger partial charge in [0.25, 0.3) is 0 Å². The van der Waals surface area contributed by atoms with Gasteiger partial charge in [0, 0.05) is 25.1 Å². The van der Waals surface area contributed by atoms with Crippen LogP contribution >= 0.6 is 0 Å². The fourth-order valence-electron chi connectivity index (χ4n) is 1.58. The van der Waals surface area contributed by atoms with Crippen molar-refractivity contribution in [3.05, 3.63) is 23.2 Å². The Bertz CT molecular complexity index is 244. The summed E-state index contributed by atoms with van der Waals surface area (Å²) in [5.74, 6) is 2.21. The predicted molar refractivity (Wildman–Crippen MR) is 46.9 cm³/mol. The van der Waals surface area contributed by atoms with Crippen LogP contribution in [0.2, 0.25) is 0 Å². The third-order valence-corrected chi connectivity index (χ3v) is 2.14. The van der Waals surface area contributed by atoms with Crippen molar-refractivity contribution >= 4 is 0 Å². The lowest BCUT2D eigenvalue weighted by Crippen LogP contribution is -2.22. The van der Waals surface area contributed by atoms with Gasteiger partial charge in [-0.3, -0.25) is 0 Å². The monoisotopic (exact) mass is 166 g/mol. The molecule has 0 radical (unpaired) electrons. The Morgan fingerprint density at radius 1 is 1.67 bits per heavy atom. The average Bonchev–Trinajstić information content (AvgIpc) is 2.47. The summed E-state index contributed by atoms with van der Waals surface area (Å²) in [6.07, 6.45) is 1.03. The molecule has 0 spiro atoms. The van der Waals surface area contributed by atoms with E-state index in [1.807, 2.05) is 7.05 Å². The van der Waals surface area contributed by atoms with Crippen LogP contribution in [0.3, 0.4) is 0 Å². The molecular weight excluding hydrogens is 152 g/mol. The van der Waals surface area contributed by atoms with E-state index in [0.29, 0.717) is 0 Å². The molecule has 2 N–H and O–H groups in total. The van der Waals surface area contributed by atoms with Gasteiger partial charge in [-0.1, -0.05) is 0 Å². The number of fused-ring (bicyclic) bond motifs is 1. The molecule has 0 fully saturated rings. The van der Waals surface area contributed by atoms with Crippen LogP contribution in [-0.2, 0) is 19.5 Å².